The molecule has 1 amide bonds. The van der Waals surface area contributed by atoms with Crippen LogP contribution < -0.4 is 5.32 Å². The number of amides is 1. The Morgan fingerprint density at radius 3 is 2.58 bits per heavy atom. The van der Waals surface area contributed by atoms with Crippen LogP contribution in [0, 0.1) is 11.8 Å². The lowest BCUT2D eigenvalue weighted by Crippen LogP contribution is -2.38. The number of carbonyl (C=O) groups excluding carboxylic acids is 1. The number of rotatable bonds is 7. The molecule has 1 atom stereocenters. The van der Waals surface area contributed by atoms with E-state index in [9.17, 15) is 9.59 Å². The maximum absolute atomic E-state index is 12.1. The van der Waals surface area contributed by atoms with E-state index in [1.54, 1.807) is 0 Å². The van der Waals surface area contributed by atoms with Crippen molar-refractivity contribution >= 4 is 11.9 Å². The summed E-state index contributed by atoms with van der Waals surface area (Å²) in [4.78, 5) is 24.5. The fraction of sp³-hybridized carbons (Fsp3) is 0.857. The zero-order valence-electron chi connectivity index (χ0n) is 11.4. The van der Waals surface area contributed by atoms with Crippen LogP contribution in [0.1, 0.15) is 38.5 Å². The molecule has 1 heterocycles. The second-order valence-electron chi connectivity index (χ2n) is 5.86. The first-order chi connectivity index (χ1) is 9.15. The number of hydrogen-bond donors (Lipinski definition) is 2. The lowest BCUT2D eigenvalue weighted by molar-refractivity contribution is -0.144. The van der Waals surface area contributed by atoms with Crippen molar-refractivity contribution in [3.63, 3.8) is 0 Å². The maximum atomic E-state index is 12.1. The lowest BCUT2D eigenvalue weighted by atomic mass is 9.94. The van der Waals surface area contributed by atoms with Crippen molar-refractivity contribution in [3.8, 4) is 0 Å². The topological polar surface area (TPSA) is 69.6 Å². The molecule has 0 aromatic heterocycles. The molecule has 19 heavy (non-hydrogen) atoms. The van der Waals surface area contributed by atoms with Gasteiger partial charge in [-0.25, -0.2) is 0 Å². The zero-order valence-corrected chi connectivity index (χ0v) is 11.4. The Morgan fingerprint density at radius 2 is 2.00 bits per heavy atom. The van der Waals surface area contributed by atoms with Gasteiger partial charge in [-0.05, 0) is 57.0 Å². The minimum Gasteiger partial charge on any atom is -0.480 e. The molecule has 1 aliphatic heterocycles. The number of carboxylic acids is 1. The first-order valence-electron chi connectivity index (χ1n) is 7.35. The quantitative estimate of drug-likeness (QED) is 0.725. The Bertz CT molecular complexity index is 323. The van der Waals surface area contributed by atoms with Crippen LogP contribution in [0.5, 0.6) is 0 Å². The fourth-order valence-corrected chi connectivity index (χ4v) is 2.69. The number of carbonyl (C=O) groups is 2. The summed E-state index contributed by atoms with van der Waals surface area (Å²) in [5.41, 5.74) is 0. The highest BCUT2D eigenvalue weighted by molar-refractivity contribution is 5.81. The fourth-order valence-electron chi connectivity index (χ4n) is 2.69. The zero-order chi connectivity index (χ0) is 13.7. The van der Waals surface area contributed by atoms with E-state index in [1.807, 2.05) is 0 Å². The first kappa shape index (κ1) is 14.3. The Labute approximate surface area is 114 Å². The summed E-state index contributed by atoms with van der Waals surface area (Å²) in [6.45, 7) is 2.57. The largest absolute Gasteiger partial charge is 0.480 e. The molecule has 2 N–H and O–H groups in total. The molecule has 2 aliphatic rings. The molecule has 5 nitrogen and oxygen atoms in total. The predicted octanol–water partition coefficient (Wildman–Crippen LogP) is 1.09. The Morgan fingerprint density at radius 1 is 1.21 bits per heavy atom. The van der Waals surface area contributed by atoms with Crippen LogP contribution >= 0.6 is 0 Å². The van der Waals surface area contributed by atoms with Gasteiger partial charge in [-0.2, -0.15) is 0 Å². The highest BCUT2D eigenvalue weighted by Gasteiger charge is 2.28. The van der Waals surface area contributed by atoms with E-state index in [4.69, 9.17) is 5.11 Å². The maximum Gasteiger partial charge on any atom is 0.323 e. The third-order valence-corrected chi connectivity index (χ3v) is 4.02. The van der Waals surface area contributed by atoms with Crippen molar-refractivity contribution in [2.75, 3.05) is 26.2 Å². The number of nitrogens with one attached hydrogen (secondary N) is 1. The predicted molar refractivity (Wildman–Crippen MR) is 71.8 cm³/mol. The van der Waals surface area contributed by atoms with Crippen molar-refractivity contribution in [2.24, 2.45) is 11.8 Å². The summed E-state index contributed by atoms with van der Waals surface area (Å²) in [6.07, 6.45) is 6.01. The highest BCUT2D eigenvalue weighted by Crippen LogP contribution is 2.30. The van der Waals surface area contributed by atoms with Crippen LogP contribution in [0.3, 0.4) is 0 Å². The van der Waals surface area contributed by atoms with Crippen LogP contribution in [0.4, 0.5) is 0 Å². The van der Waals surface area contributed by atoms with Crippen molar-refractivity contribution < 1.29 is 14.7 Å². The van der Waals surface area contributed by atoms with Gasteiger partial charge in [-0.1, -0.05) is 0 Å². The summed E-state index contributed by atoms with van der Waals surface area (Å²) >= 11 is 0. The van der Waals surface area contributed by atoms with E-state index in [-0.39, 0.29) is 12.5 Å². The van der Waals surface area contributed by atoms with E-state index in [1.165, 1.54) is 17.7 Å². The van der Waals surface area contributed by atoms with E-state index >= 15 is 0 Å². The van der Waals surface area contributed by atoms with Gasteiger partial charge in [-0.3, -0.25) is 9.59 Å². The number of piperidine rings is 1. The minimum absolute atomic E-state index is 0.0138. The third-order valence-electron chi connectivity index (χ3n) is 4.02. The standard InChI is InChI=1S/C14H24N2O3/c17-13(6-5-11-2-1-7-15-8-11)16(10-14(18)19)9-12-3-4-12/h11-12,15H,1-10H2,(H,18,19). The molecular weight excluding hydrogens is 244 g/mol. The molecule has 2 fully saturated rings. The molecule has 108 valence electrons. The van der Waals surface area contributed by atoms with Crippen molar-refractivity contribution in [3.05, 3.63) is 0 Å². The van der Waals surface area contributed by atoms with Crippen LogP contribution in [0.15, 0.2) is 0 Å². The van der Waals surface area contributed by atoms with Crippen molar-refractivity contribution in [1.29, 1.82) is 0 Å². The molecule has 0 aromatic carbocycles. The molecule has 1 aliphatic carbocycles. The summed E-state index contributed by atoms with van der Waals surface area (Å²) < 4.78 is 0. The number of hydrogen-bond acceptors (Lipinski definition) is 3. The molecule has 0 spiro atoms. The van der Waals surface area contributed by atoms with Gasteiger partial charge in [0, 0.05) is 13.0 Å². The minimum atomic E-state index is -0.909. The molecule has 2 rings (SSSR count). The van der Waals surface area contributed by atoms with Crippen molar-refractivity contribution in [2.45, 2.75) is 38.5 Å². The van der Waals surface area contributed by atoms with Gasteiger partial charge in [0.2, 0.25) is 5.91 Å². The average molecular weight is 268 g/mol. The Kier molecular flexibility index (Phi) is 5.19. The van der Waals surface area contributed by atoms with Gasteiger partial charge in [0.15, 0.2) is 0 Å². The van der Waals surface area contributed by atoms with Gasteiger partial charge in [0.05, 0.1) is 0 Å². The molecule has 1 saturated carbocycles. The van der Waals surface area contributed by atoms with Crippen molar-refractivity contribution in [1.82, 2.24) is 10.2 Å². The van der Waals surface area contributed by atoms with Crippen LogP contribution in [-0.2, 0) is 9.59 Å². The van der Waals surface area contributed by atoms with E-state index in [0.717, 1.165) is 32.4 Å². The second-order valence-corrected chi connectivity index (χ2v) is 5.86. The summed E-state index contributed by atoms with van der Waals surface area (Å²) in [5, 5.41) is 12.2. The van der Waals surface area contributed by atoms with Gasteiger partial charge in [-0.15, -0.1) is 0 Å². The summed E-state index contributed by atoms with van der Waals surface area (Å²) in [5.74, 6) is 0.221. The van der Waals surface area contributed by atoms with E-state index in [2.05, 4.69) is 5.32 Å². The Hall–Kier alpha value is -1.10. The number of aliphatic carboxylic acids is 1. The average Bonchev–Trinajstić information content (AvgIpc) is 3.20. The normalized spacial score (nSPS) is 23.1. The van der Waals surface area contributed by atoms with Crippen LogP contribution in [-0.4, -0.2) is 48.1 Å². The molecule has 0 radical (unpaired) electrons. The molecule has 0 bridgehead atoms. The molecule has 1 saturated heterocycles. The van der Waals surface area contributed by atoms with Gasteiger partial charge < -0.3 is 15.3 Å². The molecule has 0 aromatic rings. The molecular formula is C14H24N2O3. The van der Waals surface area contributed by atoms with Crippen LogP contribution in [0.2, 0.25) is 0 Å². The van der Waals surface area contributed by atoms with Gasteiger partial charge in [0.1, 0.15) is 6.54 Å². The van der Waals surface area contributed by atoms with E-state index in [0.29, 0.717) is 24.8 Å². The molecule has 5 heteroatoms. The number of carboxylic acid groups (broad SMARTS) is 1. The lowest BCUT2D eigenvalue weighted by Gasteiger charge is -2.25. The molecule has 1 unspecified atom stereocenters. The SMILES string of the molecule is O=C(O)CN(CC1CC1)C(=O)CCC1CCCNC1. The van der Waals surface area contributed by atoms with E-state index < -0.39 is 5.97 Å². The van der Waals surface area contributed by atoms with Gasteiger partial charge in [0.25, 0.3) is 0 Å². The smallest absolute Gasteiger partial charge is 0.323 e. The first-order valence-corrected chi connectivity index (χ1v) is 7.35. The summed E-state index contributed by atoms with van der Waals surface area (Å²) in [7, 11) is 0. The Balaban J connectivity index is 1.74. The summed E-state index contributed by atoms with van der Waals surface area (Å²) in [6, 6.07) is 0. The monoisotopic (exact) mass is 268 g/mol. The highest BCUT2D eigenvalue weighted by atomic mass is 16.4. The van der Waals surface area contributed by atoms with Gasteiger partial charge >= 0.3 is 5.97 Å². The number of nitrogens with zero attached hydrogens (tertiary/aromatic N) is 1. The second kappa shape index (κ2) is 6.89. The van der Waals surface area contributed by atoms with Crippen LogP contribution in [0.25, 0.3) is 0 Å². The third kappa shape index (κ3) is 5.19.